The van der Waals surface area contributed by atoms with Crippen molar-refractivity contribution in [1.82, 2.24) is 24.7 Å². The average Bonchev–Trinajstić information content (AvgIpc) is 3.61. The normalized spacial score (nSPS) is 16.2. The molecule has 34 heavy (non-hydrogen) atoms. The number of nitrogens with one attached hydrogen (secondary N) is 1. The fourth-order valence-corrected chi connectivity index (χ4v) is 4.24. The van der Waals surface area contributed by atoms with Crippen LogP contribution in [0.3, 0.4) is 0 Å². The van der Waals surface area contributed by atoms with Crippen LogP contribution < -0.4 is 5.32 Å². The molecule has 6 rings (SSSR count). The van der Waals surface area contributed by atoms with E-state index >= 15 is 0 Å². The van der Waals surface area contributed by atoms with Gasteiger partial charge in [-0.25, -0.2) is 4.98 Å². The first-order valence-electron chi connectivity index (χ1n) is 11.6. The highest BCUT2D eigenvalue weighted by Crippen LogP contribution is 2.39. The van der Waals surface area contributed by atoms with E-state index in [1.54, 1.807) is 12.4 Å². The topological polar surface area (TPSA) is 94.8 Å². The molecule has 0 unspecified atom stereocenters. The third kappa shape index (κ3) is 4.20. The maximum absolute atomic E-state index is 13.4. The molecule has 0 saturated heterocycles. The van der Waals surface area contributed by atoms with Crippen molar-refractivity contribution in [2.45, 2.75) is 38.3 Å². The van der Waals surface area contributed by atoms with Gasteiger partial charge in [0.2, 0.25) is 0 Å². The summed E-state index contributed by atoms with van der Waals surface area (Å²) in [6.45, 7) is 1.63. The van der Waals surface area contributed by atoms with Gasteiger partial charge in [0, 0.05) is 42.1 Å². The molecular formula is C26H24N6O2. The van der Waals surface area contributed by atoms with E-state index in [2.05, 4.69) is 37.6 Å². The molecule has 4 heterocycles. The van der Waals surface area contributed by atoms with Crippen molar-refractivity contribution < 1.29 is 9.53 Å². The maximum Gasteiger partial charge on any atom is 0.257 e. The van der Waals surface area contributed by atoms with Crippen molar-refractivity contribution in [3.05, 3.63) is 77.9 Å². The van der Waals surface area contributed by atoms with Gasteiger partial charge in [0.1, 0.15) is 17.8 Å². The van der Waals surface area contributed by atoms with E-state index in [-0.39, 0.29) is 5.91 Å². The number of hydrogen-bond donors (Lipinski definition) is 1. The minimum Gasteiger partial charge on any atom is -0.377 e. The second-order valence-electron chi connectivity index (χ2n) is 8.73. The second-order valence-corrected chi connectivity index (χ2v) is 8.73. The molecule has 0 radical (unpaired) electrons. The zero-order valence-electron chi connectivity index (χ0n) is 18.6. The maximum atomic E-state index is 13.4. The van der Waals surface area contributed by atoms with Crippen molar-refractivity contribution in [1.29, 1.82) is 0 Å². The molecular weight excluding hydrogens is 428 g/mol. The van der Waals surface area contributed by atoms with Gasteiger partial charge in [-0.15, -0.1) is 10.2 Å². The van der Waals surface area contributed by atoms with E-state index in [1.807, 2.05) is 41.1 Å². The summed E-state index contributed by atoms with van der Waals surface area (Å²) in [5.41, 5.74) is 5.14. The Hall–Kier alpha value is -3.91. The fourth-order valence-electron chi connectivity index (χ4n) is 4.24. The Balaban J connectivity index is 1.35. The Labute approximate surface area is 197 Å². The van der Waals surface area contributed by atoms with Crippen LogP contribution in [0.4, 0.5) is 5.82 Å². The Kier molecular flexibility index (Phi) is 5.35. The molecule has 2 aliphatic rings. The summed E-state index contributed by atoms with van der Waals surface area (Å²) in [5, 5.41) is 11.2. The lowest BCUT2D eigenvalue weighted by Gasteiger charge is -2.14. The number of rotatable bonds is 2. The number of carbonyl (C=O) groups excluding carboxylic acids is 1. The molecule has 1 saturated carbocycles. The summed E-state index contributed by atoms with van der Waals surface area (Å²) < 4.78 is 7.88. The van der Waals surface area contributed by atoms with Crippen LogP contribution in [0.25, 0.3) is 22.6 Å². The molecule has 3 aromatic heterocycles. The van der Waals surface area contributed by atoms with Crippen LogP contribution in [-0.4, -0.2) is 37.2 Å². The smallest absolute Gasteiger partial charge is 0.257 e. The Morgan fingerprint density at radius 2 is 1.97 bits per heavy atom. The molecule has 2 bridgehead atoms. The molecule has 1 fully saturated rings. The van der Waals surface area contributed by atoms with E-state index in [1.165, 1.54) is 12.8 Å². The number of carbonyl (C=O) groups is 1. The number of anilines is 1. The fraction of sp³-hybridized carbons (Fsp3) is 0.269. The Morgan fingerprint density at radius 3 is 2.82 bits per heavy atom. The van der Waals surface area contributed by atoms with Gasteiger partial charge in [0.25, 0.3) is 5.91 Å². The zero-order chi connectivity index (χ0) is 22.9. The van der Waals surface area contributed by atoms with Gasteiger partial charge < -0.3 is 14.6 Å². The summed E-state index contributed by atoms with van der Waals surface area (Å²) in [6, 6.07) is 15.6. The van der Waals surface area contributed by atoms with E-state index < -0.39 is 0 Å². The van der Waals surface area contributed by atoms with Crippen LogP contribution in [0.1, 0.15) is 46.8 Å². The Bertz CT molecular complexity index is 1340. The first-order valence-corrected chi connectivity index (χ1v) is 11.6. The lowest BCUT2D eigenvalue weighted by molar-refractivity contribution is 0.1000. The number of aryl methyl sites for hydroxylation is 1. The third-order valence-electron chi connectivity index (χ3n) is 6.25. The van der Waals surface area contributed by atoms with Crippen molar-refractivity contribution in [2.24, 2.45) is 0 Å². The lowest BCUT2D eigenvalue weighted by Crippen LogP contribution is -2.17. The standard InChI is InChI=1S/C26H24N6O2/c33-26-21-13-18(19-9-10-22(27-14-19)17-5-6-17)7-8-20(21)15-34-12-2-11-32-16-28-31-25(32)23-3-1-4-24(29-23)30-26/h1,3-4,7-10,13-14,16-17H,2,5-6,11-12,15H2,(H,29,30,33). The summed E-state index contributed by atoms with van der Waals surface area (Å²) >= 11 is 0. The molecule has 4 aromatic rings. The first kappa shape index (κ1) is 20.7. The van der Waals surface area contributed by atoms with Crippen molar-refractivity contribution in [3.8, 4) is 22.6 Å². The lowest BCUT2D eigenvalue weighted by atomic mass is 9.99. The minimum atomic E-state index is -0.230. The highest BCUT2D eigenvalue weighted by Gasteiger charge is 2.24. The van der Waals surface area contributed by atoms with Crippen LogP contribution >= 0.6 is 0 Å². The van der Waals surface area contributed by atoms with E-state index in [4.69, 9.17) is 4.74 Å². The first-order chi connectivity index (χ1) is 16.7. The van der Waals surface area contributed by atoms with Gasteiger partial charge in [0.15, 0.2) is 5.82 Å². The van der Waals surface area contributed by atoms with Crippen LogP contribution in [0.2, 0.25) is 0 Å². The van der Waals surface area contributed by atoms with Crippen molar-refractivity contribution in [3.63, 3.8) is 0 Å². The minimum absolute atomic E-state index is 0.230. The number of hydrogen-bond acceptors (Lipinski definition) is 6. The highest BCUT2D eigenvalue weighted by atomic mass is 16.5. The predicted molar refractivity (Wildman–Crippen MR) is 127 cm³/mol. The molecule has 1 aliphatic heterocycles. The van der Waals surface area contributed by atoms with Gasteiger partial charge in [-0.1, -0.05) is 24.3 Å². The number of fused-ring (bicyclic) bond motifs is 5. The van der Waals surface area contributed by atoms with E-state index in [0.717, 1.165) is 35.3 Å². The molecule has 8 nitrogen and oxygen atoms in total. The molecule has 1 aromatic carbocycles. The van der Waals surface area contributed by atoms with Gasteiger partial charge >= 0.3 is 0 Å². The molecule has 1 N–H and O–H groups in total. The molecule has 0 spiro atoms. The molecule has 1 amide bonds. The summed E-state index contributed by atoms with van der Waals surface area (Å²) in [7, 11) is 0. The van der Waals surface area contributed by atoms with Crippen molar-refractivity contribution >= 4 is 11.7 Å². The molecule has 1 aliphatic carbocycles. The van der Waals surface area contributed by atoms with E-state index in [0.29, 0.717) is 42.0 Å². The number of amides is 1. The van der Waals surface area contributed by atoms with Crippen LogP contribution in [0.15, 0.2) is 61.1 Å². The zero-order valence-corrected chi connectivity index (χ0v) is 18.6. The highest BCUT2D eigenvalue weighted by molar-refractivity contribution is 6.05. The van der Waals surface area contributed by atoms with E-state index in [9.17, 15) is 4.79 Å². The van der Waals surface area contributed by atoms with Gasteiger partial charge in [-0.2, -0.15) is 0 Å². The predicted octanol–water partition coefficient (Wildman–Crippen LogP) is 4.45. The summed E-state index contributed by atoms with van der Waals surface area (Å²) in [5.74, 6) is 1.50. The number of aromatic nitrogens is 5. The molecule has 8 heteroatoms. The molecule has 170 valence electrons. The second kappa shape index (κ2) is 8.79. The van der Waals surface area contributed by atoms with Gasteiger partial charge in [-0.3, -0.25) is 9.78 Å². The monoisotopic (exact) mass is 452 g/mol. The van der Waals surface area contributed by atoms with Gasteiger partial charge in [-0.05, 0) is 54.7 Å². The van der Waals surface area contributed by atoms with Crippen LogP contribution in [-0.2, 0) is 17.9 Å². The van der Waals surface area contributed by atoms with Crippen molar-refractivity contribution in [2.75, 3.05) is 11.9 Å². The van der Waals surface area contributed by atoms with Crippen LogP contribution in [0, 0.1) is 0 Å². The molecule has 0 atom stereocenters. The van der Waals surface area contributed by atoms with Gasteiger partial charge in [0.05, 0.1) is 6.61 Å². The number of nitrogens with zero attached hydrogens (tertiary/aromatic N) is 5. The Morgan fingerprint density at radius 1 is 1.06 bits per heavy atom. The number of benzene rings is 1. The largest absolute Gasteiger partial charge is 0.377 e. The summed E-state index contributed by atoms with van der Waals surface area (Å²) in [6.07, 6.45) is 6.83. The number of ether oxygens (including phenoxy) is 1. The quantitative estimate of drug-likeness (QED) is 0.483. The van der Waals surface area contributed by atoms with Crippen LogP contribution in [0.5, 0.6) is 0 Å². The average molecular weight is 453 g/mol. The third-order valence-corrected chi connectivity index (χ3v) is 6.25. The number of pyridine rings is 2. The summed E-state index contributed by atoms with van der Waals surface area (Å²) in [4.78, 5) is 22.6. The SMILES string of the molecule is O=C1Nc2cccc(n2)-c2nncn2CCCOCc2ccc(-c3ccc(C4CC4)nc3)cc21.